The Balaban J connectivity index is 1.97. The Labute approximate surface area is 128 Å². The molecule has 2 aromatic rings. The van der Waals surface area contributed by atoms with Gasteiger partial charge in [-0.15, -0.1) is 0 Å². The SMILES string of the molecule is COC(=O)CCC(=O)CNC(=O)c1cccc2ccccc12. The van der Waals surface area contributed by atoms with Crippen LogP contribution in [0.4, 0.5) is 0 Å². The summed E-state index contributed by atoms with van der Waals surface area (Å²) in [7, 11) is 1.27. The first-order valence-corrected chi connectivity index (χ1v) is 6.96. The zero-order chi connectivity index (χ0) is 15.9. The molecule has 1 N–H and O–H groups in total. The molecule has 1 amide bonds. The number of ether oxygens (including phenoxy) is 1. The number of benzene rings is 2. The van der Waals surface area contributed by atoms with Crippen molar-refractivity contribution in [1.29, 1.82) is 0 Å². The molecule has 0 radical (unpaired) electrons. The summed E-state index contributed by atoms with van der Waals surface area (Å²) < 4.78 is 4.47. The predicted molar refractivity (Wildman–Crippen MR) is 82.5 cm³/mol. The maximum atomic E-state index is 12.2. The van der Waals surface area contributed by atoms with Crippen LogP contribution < -0.4 is 5.32 Å². The highest BCUT2D eigenvalue weighted by Crippen LogP contribution is 2.18. The quantitative estimate of drug-likeness (QED) is 0.829. The van der Waals surface area contributed by atoms with Gasteiger partial charge in [0.25, 0.3) is 5.91 Å². The molecule has 0 atom stereocenters. The molecule has 0 saturated carbocycles. The Morgan fingerprint density at radius 1 is 1.00 bits per heavy atom. The topological polar surface area (TPSA) is 72.5 Å². The van der Waals surface area contributed by atoms with E-state index in [4.69, 9.17) is 0 Å². The van der Waals surface area contributed by atoms with Crippen LogP contribution in [0.1, 0.15) is 23.2 Å². The lowest BCUT2D eigenvalue weighted by atomic mass is 10.0. The van der Waals surface area contributed by atoms with E-state index in [1.54, 1.807) is 12.1 Å². The summed E-state index contributed by atoms with van der Waals surface area (Å²) in [5.74, 6) is -0.948. The van der Waals surface area contributed by atoms with E-state index in [0.717, 1.165) is 10.8 Å². The summed E-state index contributed by atoms with van der Waals surface area (Å²) in [5.41, 5.74) is 0.527. The van der Waals surface area contributed by atoms with Gasteiger partial charge < -0.3 is 10.1 Å². The number of esters is 1. The van der Waals surface area contributed by atoms with Gasteiger partial charge in [-0.05, 0) is 16.8 Å². The molecule has 2 rings (SSSR count). The molecule has 0 aromatic heterocycles. The molecule has 2 aromatic carbocycles. The van der Waals surface area contributed by atoms with E-state index >= 15 is 0 Å². The van der Waals surface area contributed by atoms with Gasteiger partial charge in [0, 0.05) is 12.0 Å². The summed E-state index contributed by atoms with van der Waals surface area (Å²) in [4.78, 5) is 34.8. The van der Waals surface area contributed by atoms with Crippen LogP contribution in [-0.2, 0) is 14.3 Å². The fraction of sp³-hybridized carbons (Fsp3) is 0.235. The second kappa shape index (κ2) is 7.36. The molecule has 0 fully saturated rings. The van der Waals surface area contributed by atoms with Crippen LogP contribution in [0.15, 0.2) is 42.5 Å². The van der Waals surface area contributed by atoms with Crippen LogP contribution in [0.2, 0.25) is 0 Å². The van der Waals surface area contributed by atoms with Gasteiger partial charge in [0.1, 0.15) is 0 Å². The van der Waals surface area contributed by atoms with E-state index in [-0.39, 0.29) is 31.1 Å². The molecular weight excluding hydrogens is 282 g/mol. The monoisotopic (exact) mass is 299 g/mol. The van der Waals surface area contributed by atoms with Gasteiger partial charge in [0.05, 0.1) is 20.1 Å². The number of methoxy groups -OCH3 is 1. The van der Waals surface area contributed by atoms with E-state index in [0.29, 0.717) is 5.56 Å². The number of amides is 1. The Morgan fingerprint density at radius 3 is 2.50 bits per heavy atom. The summed E-state index contributed by atoms with van der Waals surface area (Å²) in [6.45, 7) is -0.0982. The third kappa shape index (κ3) is 3.91. The average molecular weight is 299 g/mol. The van der Waals surface area contributed by atoms with E-state index in [1.807, 2.05) is 30.3 Å². The molecule has 0 saturated heterocycles. The van der Waals surface area contributed by atoms with Gasteiger partial charge in [0.15, 0.2) is 5.78 Å². The van der Waals surface area contributed by atoms with Crippen molar-refractivity contribution in [2.75, 3.05) is 13.7 Å². The molecule has 0 bridgehead atoms. The van der Waals surface area contributed by atoms with Crippen molar-refractivity contribution in [2.45, 2.75) is 12.8 Å². The molecule has 0 aliphatic carbocycles. The normalized spacial score (nSPS) is 10.2. The lowest BCUT2D eigenvalue weighted by molar-refractivity contribution is -0.141. The molecular formula is C17H17NO4. The molecule has 5 nitrogen and oxygen atoms in total. The second-order valence-electron chi connectivity index (χ2n) is 4.82. The number of nitrogens with one attached hydrogen (secondary N) is 1. The Hall–Kier alpha value is -2.69. The summed E-state index contributed by atoms with van der Waals surface area (Å²) in [5, 5.41) is 4.39. The molecule has 0 aliphatic rings. The third-order valence-electron chi connectivity index (χ3n) is 3.32. The summed E-state index contributed by atoms with van der Waals surface area (Å²) >= 11 is 0. The van der Waals surface area contributed by atoms with Crippen molar-refractivity contribution in [1.82, 2.24) is 5.32 Å². The minimum absolute atomic E-state index is 0.0273. The van der Waals surface area contributed by atoms with E-state index < -0.39 is 5.97 Å². The standard InChI is InChI=1S/C17H17NO4/c1-22-16(20)10-9-13(19)11-18-17(21)15-8-4-6-12-5-2-3-7-14(12)15/h2-8H,9-11H2,1H3,(H,18,21). The zero-order valence-corrected chi connectivity index (χ0v) is 12.3. The van der Waals surface area contributed by atoms with Gasteiger partial charge >= 0.3 is 5.97 Å². The zero-order valence-electron chi connectivity index (χ0n) is 12.3. The highest BCUT2D eigenvalue weighted by Gasteiger charge is 2.12. The van der Waals surface area contributed by atoms with Crippen LogP contribution >= 0.6 is 0 Å². The Kier molecular flexibility index (Phi) is 5.25. The molecule has 0 heterocycles. The summed E-state index contributed by atoms with van der Waals surface area (Å²) in [6.07, 6.45) is 0.0853. The Morgan fingerprint density at radius 2 is 1.73 bits per heavy atom. The molecule has 0 spiro atoms. The number of ketones is 1. The fourth-order valence-electron chi connectivity index (χ4n) is 2.13. The first kappa shape index (κ1) is 15.7. The van der Waals surface area contributed by atoms with Crippen molar-refractivity contribution in [2.24, 2.45) is 0 Å². The number of carbonyl (C=O) groups is 3. The number of rotatable bonds is 6. The fourth-order valence-corrected chi connectivity index (χ4v) is 2.13. The largest absolute Gasteiger partial charge is 0.469 e. The molecule has 0 aliphatic heterocycles. The van der Waals surface area contributed by atoms with Crippen molar-refractivity contribution in [3.05, 3.63) is 48.0 Å². The van der Waals surface area contributed by atoms with Gasteiger partial charge in [-0.3, -0.25) is 14.4 Å². The van der Waals surface area contributed by atoms with Crippen LogP contribution in [0, 0.1) is 0 Å². The van der Waals surface area contributed by atoms with Crippen LogP contribution in [0.5, 0.6) is 0 Å². The number of fused-ring (bicyclic) bond motifs is 1. The van der Waals surface area contributed by atoms with Crippen molar-refractivity contribution >= 4 is 28.4 Å². The predicted octanol–water partition coefficient (Wildman–Crippen LogP) is 2.09. The number of hydrogen-bond donors (Lipinski definition) is 1. The van der Waals surface area contributed by atoms with E-state index in [2.05, 4.69) is 10.1 Å². The number of Topliss-reactive ketones (excluding diaryl/α,β-unsaturated/α-hetero) is 1. The molecule has 22 heavy (non-hydrogen) atoms. The van der Waals surface area contributed by atoms with Crippen molar-refractivity contribution in [3.63, 3.8) is 0 Å². The average Bonchev–Trinajstić information content (AvgIpc) is 2.56. The first-order valence-electron chi connectivity index (χ1n) is 6.96. The van der Waals surface area contributed by atoms with Crippen LogP contribution in [0.25, 0.3) is 10.8 Å². The van der Waals surface area contributed by atoms with E-state index in [9.17, 15) is 14.4 Å². The van der Waals surface area contributed by atoms with Gasteiger partial charge in [-0.1, -0.05) is 36.4 Å². The first-order chi connectivity index (χ1) is 10.6. The van der Waals surface area contributed by atoms with Crippen molar-refractivity contribution in [3.8, 4) is 0 Å². The van der Waals surface area contributed by atoms with Crippen molar-refractivity contribution < 1.29 is 19.1 Å². The molecule has 5 heteroatoms. The smallest absolute Gasteiger partial charge is 0.305 e. The molecule has 0 unspecified atom stereocenters. The minimum Gasteiger partial charge on any atom is -0.469 e. The van der Waals surface area contributed by atoms with Gasteiger partial charge in [0.2, 0.25) is 0 Å². The Bertz CT molecular complexity index is 703. The lowest BCUT2D eigenvalue weighted by Crippen LogP contribution is -2.29. The summed E-state index contributed by atoms with van der Waals surface area (Å²) in [6, 6.07) is 13.0. The highest BCUT2D eigenvalue weighted by molar-refractivity contribution is 6.07. The highest BCUT2D eigenvalue weighted by atomic mass is 16.5. The third-order valence-corrected chi connectivity index (χ3v) is 3.32. The maximum Gasteiger partial charge on any atom is 0.305 e. The van der Waals surface area contributed by atoms with Crippen LogP contribution in [-0.4, -0.2) is 31.3 Å². The number of hydrogen-bond acceptors (Lipinski definition) is 4. The van der Waals surface area contributed by atoms with E-state index in [1.165, 1.54) is 7.11 Å². The minimum atomic E-state index is -0.436. The lowest BCUT2D eigenvalue weighted by Gasteiger charge is -2.07. The second-order valence-corrected chi connectivity index (χ2v) is 4.82. The maximum absolute atomic E-state index is 12.2. The van der Waals surface area contributed by atoms with Gasteiger partial charge in [-0.25, -0.2) is 0 Å². The van der Waals surface area contributed by atoms with Crippen LogP contribution in [0.3, 0.4) is 0 Å². The van der Waals surface area contributed by atoms with Gasteiger partial charge in [-0.2, -0.15) is 0 Å². The molecule has 114 valence electrons. The number of carbonyl (C=O) groups excluding carboxylic acids is 3.